The van der Waals surface area contributed by atoms with Gasteiger partial charge in [0.15, 0.2) is 5.65 Å². The summed E-state index contributed by atoms with van der Waals surface area (Å²) >= 11 is 1.60. The van der Waals surface area contributed by atoms with Gasteiger partial charge in [-0.2, -0.15) is 14.6 Å². The van der Waals surface area contributed by atoms with Crippen molar-refractivity contribution in [3.05, 3.63) is 35.9 Å². The van der Waals surface area contributed by atoms with Crippen LogP contribution >= 0.6 is 11.8 Å². The summed E-state index contributed by atoms with van der Waals surface area (Å²) in [6, 6.07) is 8.04. The maximum Gasteiger partial charge on any atom is 0.274 e. The van der Waals surface area contributed by atoms with Crippen LogP contribution in [-0.4, -0.2) is 35.5 Å². The van der Waals surface area contributed by atoms with Crippen LogP contribution in [0.2, 0.25) is 0 Å². The molecule has 0 aliphatic rings. The lowest BCUT2D eigenvalue weighted by Crippen LogP contribution is -1.97. The maximum absolute atomic E-state index is 4.68. The molecule has 0 aliphatic heterocycles. The summed E-state index contributed by atoms with van der Waals surface area (Å²) in [7, 11) is 0. The van der Waals surface area contributed by atoms with E-state index >= 15 is 0 Å². The summed E-state index contributed by atoms with van der Waals surface area (Å²) in [6.07, 6.45) is 2.16. The molecule has 6 nitrogen and oxygen atoms in total. The first-order valence-electron chi connectivity index (χ1n) is 6.98. The molecule has 0 saturated heterocycles. The van der Waals surface area contributed by atoms with E-state index in [4.69, 9.17) is 0 Å². The number of nitrogens with one attached hydrogen (secondary N) is 1. The maximum atomic E-state index is 4.68. The fourth-order valence-corrected chi connectivity index (χ4v) is 3.19. The largest absolute Gasteiger partial charge is 0.338 e. The first kappa shape index (κ1) is 13.3. The zero-order valence-electron chi connectivity index (χ0n) is 12.2. The van der Waals surface area contributed by atoms with Gasteiger partial charge in [-0.05, 0) is 19.9 Å². The SMILES string of the molecule is CC(C)=CCSc1nnc2nc3[nH]c4ccccc4c3nn12. The van der Waals surface area contributed by atoms with Crippen molar-refractivity contribution in [1.82, 2.24) is 29.8 Å². The van der Waals surface area contributed by atoms with Crippen LogP contribution in [-0.2, 0) is 0 Å². The van der Waals surface area contributed by atoms with Gasteiger partial charge in [0.25, 0.3) is 5.78 Å². The number of aromatic nitrogens is 6. The van der Waals surface area contributed by atoms with Crippen molar-refractivity contribution in [3.63, 3.8) is 0 Å². The second-order valence-electron chi connectivity index (χ2n) is 5.27. The standard InChI is InChI=1S/C15H14N6S/c1-9(2)7-8-22-15-19-18-14-17-13-12(20-21(14)15)10-5-3-4-6-11(10)16-13/h3-7H,8H2,1-2H3,(H,16,17,18). The highest BCUT2D eigenvalue weighted by Gasteiger charge is 2.13. The molecule has 0 bridgehead atoms. The Morgan fingerprint density at radius 3 is 3.00 bits per heavy atom. The monoisotopic (exact) mass is 310 g/mol. The highest BCUT2D eigenvalue weighted by molar-refractivity contribution is 7.99. The molecule has 0 atom stereocenters. The van der Waals surface area contributed by atoms with E-state index in [-0.39, 0.29) is 0 Å². The molecule has 0 saturated carbocycles. The number of allylic oxidation sites excluding steroid dienone is 1. The quantitative estimate of drug-likeness (QED) is 0.465. The van der Waals surface area contributed by atoms with Gasteiger partial charge in [0.05, 0.1) is 0 Å². The number of hydrogen-bond donors (Lipinski definition) is 1. The second kappa shape index (κ2) is 5.10. The number of H-pyrrole nitrogens is 1. The van der Waals surface area contributed by atoms with Crippen LogP contribution in [0.3, 0.4) is 0 Å². The molecule has 0 unspecified atom stereocenters. The predicted octanol–water partition coefficient (Wildman–Crippen LogP) is 3.21. The molecule has 3 heterocycles. The summed E-state index contributed by atoms with van der Waals surface area (Å²) in [5.41, 5.74) is 3.89. The molecule has 4 aromatic rings. The van der Waals surface area contributed by atoms with E-state index in [9.17, 15) is 0 Å². The van der Waals surface area contributed by atoms with Crippen molar-refractivity contribution >= 4 is 39.6 Å². The van der Waals surface area contributed by atoms with Crippen LogP contribution in [0, 0.1) is 0 Å². The van der Waals surface area contributed by atoms with Crippen molar-refractivity contribution in [2.45, 2.75) is 19.0 Å². The Hall–Kier alpha value is -2.41. The van der Waals surface area contributed by atoms with Gasteiger partial charge >= 0.3 is 0 Å². The number of hydrogen-bond acceptors (Lipinski definition) is 5. The normalized spacial score (nSPS) is 11.5. The molecule has 0 aliphatic carbocycles. The number of fused-ring (bicyclic) bond motifs is 4. The number of benzene rings is 1. The molecule has 1 aromatic carbocycles. The highest BCUT2D eigenvalue weighted by atomic mass is 32.2. The van der Waals surface area contributed by atoms with E-state index in [0.29, 0.717) is 5.78 Å². The first-order chi connectivity index (χ1) is 10.7. The van der Waals surface area contributed by atoms with Crippen molar-refractivity contribution in [2.75, 3.05) is 5.75 Å². The number of para-hydroxylation sites is 1. The van der Waals surface area contributed by atoms with Crippen LogP contribution in [0.5, 0.6) is 0 Å². The van der Waals surface area contributed by atoms with Gasteiger partial charge in [-0.1, -0.05) is 41.6 Å². The second-order valence-corrected chi connectivity index (χ2v) is 6.25. The molecule has 1 N–H and O–H groups in total. The average Bonchev–Trinajstić information content (AvgIpc) is 3.06. The van der Waals surface area contributed by atoms with Crippen molar-refractivity contribution in [2.24, 2.45) is 0 Å². The fraction of sp³-hybridized carbons (Fsp3) is 0.200. The predicted molar refractivity (Wildman–Crippen MR) is 88.1 cm³/mol. The van der Waals surface area contributed by atoms with E-state index in [1.54, 1.807) is 16.3 Å². The van der Waals surface area contributed by atoms with Crippen LogP contribution in [0.1, 0.15) is 13.8 Å². The van der Waals surface area contributed by atoms with Gasteiger partial charge in [-0.15, -0.1) is 10.2 Å². The fourth-order valence-electron chi connectivity index (χ4n) is 2.28. The summed E-state index contributed by atoms with van der Waals surface area (Å²) in [4.78, 5) is 7.79. The highest BCUT2D eigenvalue weighted by Crippen LogP contribution is 2.23. The van der Waals surface area contributed by atoms with E-state index in [1.165, 1.54) is 5.57 Å². The number of nitrogens with zero attached hydrogens (tertiary/aromatic N) is 5. The van der Waals surface area contributed by atoms with Gasteiger partial charge < -0.3 is 4.98 Å². The summed E-state index contributed by atoms with van der Waals surface area (Å²) < 4.78 is 1.71. The third kappa shape index (κ3) is 2.14. The summed E-state index contributed by atoms with van der Waals surface area (Å²) in [5, 5.41) is 14.8. The molecule has 7 heteroatoms. The van der Waals surface area contributed by atoms with Gasteiger partial charge in [0, 0.05) is 16.7 Å². The minimum atomic E-state index is 0.513. The van der Waals surface area contributed by atoms with Crippen molar-refractivity contribution in [3.8, 4) is 0 Å². The Bertz CT molecular complexity index is 1010. The molecular weight excluding hydrogens is 296 g/mol. The molecule has 3 aromatic heterocycles. The van der Waals surface area contributed by atoms with E-state index in [0.717, 1.165) is 33.0 Å². The topological polar surface area (TPSA) is 71.8 Å². The Balaban J connectivity index is 1.86. The minimum absolute atomic E-state index is 0.513. The summed E-state index contributed by atoms with van der Waals surface area (Å²) in [5.74, 6) is 1.36. The Kier molecular flexibility index (Phi) is 3.07. The first-order valence-corrected chi connectivity index (χ1v) is 7.97. The number of aromatic amines is 1. The third-order valence-corrected chi connectivity index (χ3v) is 4.22. The molecule has 0 fully saturated rings. The van der Waals surface area contributed by atoms with Gasteiger partial charge in [-0.3, -0.25) is 0 Å². The molecule has 0 radical (unpaired) electrons. The lowest BCUT2D eigenvalue weighted by Gasteiger charge is -1.97. The van der Waals surface area contributed by atoms with Crippen LogP contribution < -0.4 is 0 Å². The van der Waals surface area contributed by atoms with E-state index in [2.05, 4.69) is 45.2 Å². The Morgan fingerprint density at radius 1 is 1.27 bits per heavy atom. The third-order valence-electron chi connectivity index (χ3n) is 3.37. The van der Waals surface area contributed by atoms with Crippen molar-refractivity contribution in [1.29, 1.82) is 0 Å². The lowest BCUT2D eigenvalue weighted by atomic mass is 10.2. The lowest BCUT2D eigenvalue weighted by molar-refractivity contribution is 0.820. The van der Waals surface area contributed by atoms with Crippen LogP contribution in [0.4, 0.5) is 0 Å². The minimum Gasteiger partial charge on any atom is -0.338 e. The summed E-state index contributed by atoms with van der Waals surface area (Å²) in [6.45, 7) is 4.16. The number of rotatable bonds is 3. The Labute approximate surface area is 130 Å². The zero-order valence-corrected chi connectivity index (χ0v) is 13.1. The number of thioether (sulfide) groups is 1. The molecule has 0 spiro atoms. The smallest absolute Gasteiger partial charge is 0.274 e. The van der Waals surface area contributed by atoms with Crippen LogP contribution in [0.25, 0.3) is 27.8 Å². The van der Waals surface area contributed by atoms with Crippen molar-refractivity contribution < 1.29 is 0 Å². The Morgan fingerprint density at radius 2 is 2.14 bits per heavy atom. The average molecular weight is 310 g/mol. The molecule has 0 amide bonds. The van der Waals surface area contributed by atoms with E-state index in [1.807, 2.05) is 24.3 Å². The molecule has 110 valence electrons. The van der Waals surface area contributed by atoms with Gasteiger partial charge in [0.1, 0.15) is 5.52 Å². The van der Waals surface area contributed by atoms with Crippen LogP contribution in [0.15, 0.2) is 41.1 Å². The molecule has 22 heavy (non-hydrogen) atoms. The van der Waals surface area contributed by atoms with Gasteiger partial charge in [0.2, 0.25) is 5.16 Å². The molecule has 4 rings (SSSR count). The molecular formula is C15H14N6S. The zero-order chi connectivity index (χ0) is 15.1. The van der Waals surface area contributed by atoms with E-state index < -0.39 is 0 Å². The van der Waals surface area contributed by atoms with Gasteiger partial charge in [-0.25, -0.2) is 0 Å².